The fourth-order valence-corrected chi connectivity index (χ4v) is 3.28. The summed E-state index contributed by atoms with van der Waals surface area (Å²) in [6.45, 7) is 7.77. The highest BCUT2D eigenvalue weighted by Gasteiger charge is 2.14. The first kappa shape index (κ1) is 19.8. The van der Waals surface area contributed by atoms with E-state index < -0.39 is 0 Å². The molecule has 0 saturated carbocycles. The van der Waals surface area contributed by atoms with Gasteiger partial charge in [0.25, 0.3) is 5.91 Å². The van der Waals surface area contributed by atoms with Crippen molar-refractivity contribution in [1.29, 1.82) is 0 Å². The summed E-state index contributed by atoms with van der Waals surface area (Å²) >= 11 is 0. The number of nitrogens with zero attached hydrogens (tertiary/aromatic N) is 2. The molecule has 1 atom stereocenters. The van der Waals surface area contributed by atoms with Crippen LogP contribution in [0.4, 0.5) is 5.69 Å². The van der Waals surface area contributed by atoms with Crippen LogP contribution in [-0.2, 0) is 20.8 Å². The summed E-state index contributed by atoms with van der Waals surface area (Å²) < 4.78 is 5.40. The number of carbonyl (C=O) groups is 1. The lowest BCUT2D eigenvalue weighted by atomic mass is 10.1. The minimum Gasteiger partial charge on any atom is -0.350 e. The molecule has 152 valence electrons. The van der Waals surface area contributed by atoms with Crippen LogP contribution < -0.4 is 5.48 Å². The maximum Gasteiger partial charge on any atom is 0.267 e. The molecule has 1 saturated heterocycles. The number of H-pyrrole nitrogens is 1. The molecule has 0 bridgehead atoms. The van der Waals surface area contributed by atoms with E-state index in [0.717, 1.165) is 47.2 Å². The Morgan fingerprint density at radius 2 is 2.17 bits per heavy atom. The zero-order valence-corrected chi connectivity index (χ0v) is 16.4. The standard InChI is InChI=1S/C23H22N4O3/c1-24-18-10-11-19-20(15-18)26-21(25-19)14-17-7-5-16(6-8-17)9-12-22(28)27-30-23-4-2-3-13-29-23/h5-12,15,23H,2-4,13-14H2,(H,25,26)(H,27,28)/b12-9+. The number of hydrogen-bond acceptors (Lipinski definition) is 4. The van der Waals surface area contributed by atoms with Gasteiger partial charge in [0.15, 0.2) is 12.0 Å². The SMILES string of the molecule is [C-]#[N+]c1ccc2nc(Cc3ccc(/C=C/C(=O)NOC4CCCCO4)cc3)[nH]c2c1. The molecule has 1 fully saturated rings. The maximum atomic E-state index is 11.9. The van der Waals surface area contributed by atoms with Gasteiger partial charge in [0.05, 0.1) is 17.6 Å². The van der Waals surface area contributed by atoms with Gasteiger partial charge >= 0.3 is 0 Å². The van der Waals surface area contributed by atoms with Crippen molar-refractivity contribution in [2.45, 2.75) is 32.0 Å². The molecule has 0 aliphatic carbocycles. The molecule has 7 nitrogen and oxygen atoms in total. The molecule has 4 rings (SSSR count). The largest absolute Gasteiger partial charge is 0.350 e. The van der Waals surface area contributed by atoms with Gasteiger partial charge in [-0.05, 0) is 42.2 Å². The molecule has 1 amide bonds. The van der Waals surface area contributed by atoms with Crippen molar-refractivity contribution in [2.75, 3.05) is 6.61 Å². The van der Waals surface area contributed by atoms with Gasteiger partial charge < -0.3 is 9.72 Å². The summed E-state index contributed by atoms with van der Waals surface area (Å²) in [7, 11) is 0. The topological polar surface area (TPSA) is 80.6 Å². The summed E-state index contributed by atoms with van der Waals surface area (Å²) in [6.07, 6.45) is 6.33. The van der Waals surface area contributed by atoms with Crippen LogP contribution in [-0.4, -0.2) is 28.8 Å². The third-order valence-electron chi connectivity index (χ3n) is 4.85. The van der Waals surface area contributed by atoms with Gasteiger partial charge in [-0.2, -0.15) is 0 Å². The third kappa shape index (κ3) is 5.11. The molecule has 2 N–H and O–H groups in total. The fraction of sp³-hybridized carbons (Fsp3) is 0.261. The number of rotatable bonds is 6. The number of benzene rings is 2. The van der Waals surface area contributed by atoms with Crippen molar-refractivity contribution in [3.63, 3.8) is 0 Å². The molecular formula is C23H22N4O3. The molecular weight excluding hydrogens is 380 g/mol. The number of imidazole rings is 1. The van der Waals surface area contributed by atoms with Crippen LogP contribution in [0.3, 0.4) is 0 Å². The first-order valence-corrected chi connectivity index (χ1v) is 9.90. The van der Waals surface area contributed by atoms with Gasteiger partial charge in [-0.3, -0.25) is 4.79 Å². The zero-order valence-electron chi connectivity index (χ0n) is 16.4. The minimum absolute atomic E-state index is 0.325. The Hall–Kier alpha value is -3.47. The van der Waals surface area contributed by atoms with E-state index in [-0.39, 0.29) is 12.2 Å². The first-order valence-electron chi connectivity index (χ1n) is 9.90. The molecule has 0 spiro atoms. The molecule has 1 unspecified atom stereocenters. The van der Waals surface area contributed by atoms with Gasteiger partial charge in [0, 0.05) is 25.5 Å². The van der Waals surface area contributed by atoms with Crippen molar-refractivity contribution in [3.05, 3.63) is 76.9 Å². The van der Waals surface area contributed by atoms with Crippen molar-refractivity contribution < 1.29 is 14.4 Å². The lowest BCUT2D eigenvalue weighted by Gasteiger charge is -2.21. The Kier molecular flexibility index (Phi) is 6.18. The molecule has 1 aliphatic rings. The summed E-state index contributed by atoms with van der Waals surface area (Å²) in [4.78, 5) is 28.4. The van der Waals surface area contributed by atoms with Crippen LogP contribution in [0.1, 0.15) is 36.2 Å². The highest BCUT2D eigenvalue weighted by Crippen LogP contribution is 2.20. The molecule has 2 heterocycles. The second kappa shape index (κ2) is 9.35. The van der Waals surface area contributed by atoms with Crippen LogP contribution in [0.5, 0.6) is 0 Å². The second-order valence-electron chi connectivity index (χ2n) is 7.13. The zero-order chi connectivity index (χ0) is 20.8. The molecule has 2 aromatic carbocycles. The summed E-state index contributed by atoms with van der Waals surface area (Å²) in [6, 6.07) is 13.3. The van der Waals surface area contributed by atoms with E-state index in [4.69, 9.17) is 16.1 Å². The van der Waals surface area contributed by atoms with Gasteiger partial charge in [0.1, 0.15) is 5.82 Å². The molecule has 7 heteroatoms. The van der Waals surface area contributed by atoms with Gasteiger partial charge in [-0.25, -0.2) is 20.1 Å². The van der Waals surface area contributed by atoms with Gasteiger partial charge in [-0.1, -0.05) is 30.3 Å². The van der Waals surface area contributed by atoms with E-state index in [9.17, 15) is 4.79 Å². The predicted octanol–water partition coefficient (Wildman–Crippen LogP) is 4.29. The number of amides is 1. The highest BCUT2D eigenvalue weighted by atomic mass is 16.8. The first-order chi connectivity index (χ1) is 14.7. The minimum atomic E-state index is -0.360. The maximum absolute atomic E-state index is 11.9. The number of nitrogens with one attached hydrogen (secondary N) is 2. The van der Waals surface area contributed by atoms with Crippen LogP contribution in [0.15, 0.2) is 48.5 Å². The normalized spacial score (nSPS) is 16.6. The second-order valence-corrected chi connectivity index (χ2v) is 7.13. The highest BCUT2D eigenvalue weighted by molar-refractivity contribution is 5.90. The number of aromatic nitrogens is 2. The monoisotopic (exact) mass is 402 g/mol. The quantitative estimate of drug-likeness (QED) is 0.366. The van der Waals surface area contributed by atoms with Crippen molar-refractivity contribution in [3.8, 4) is 0 Å². The number of fused-ring (bicyclic) bond motifs is 1. The lowest BCUT2D eigenvalue weighted by Crippen LogP contribution is -2.32. The average molecular weight is 402 g/mol. The van der Waals surface area contributed by atoms with Crippen molar-refractivity contribution >= 4 is 28.7 Å². The van der Waals surface area contributed by atoms with Crippen LogP contribution in [0.25, 0.3) is 22.0 Å². The lowest BCUT2D eigenvalue weighted by molar-refractivity contribution is -0.198. The van der Waals surface area contributed by atoms with Gasteiger partial charge in [0.2, 0.25) is 0 Å². The smallest absolute Gasteiger partial charge is 0.267 e. The predicted molar refractivity (Wildman–Crippen MR) is 113 cm³/mol. The Morgan fingerprint density at radius 1 is 1.30 bits per heavy atom. The summed E-state index contributed by atoms with van der Waals surface area (Å²) in [5, 5.41) is 0. The van der Waals surface area contributed by atoms with Crippen molar-refractivity contribution in [1.82, 2.24) is 15.4 Å². The molecule has 3 aromatic rings. The fourth-order valence-electron chi connectivity index (χ4n) is 3.28. The third-order valence-corrected chi connectivity index (χ3v) is 4.85. The molecule has 30 heavy (non-hydrogen) atoms. The molecule has 1 aromatic heterocycles. The summed E-state index contributed by atoms with van der Waals surface area (Å²) in [5.74, 6) is 0.520. The van der Waals surface area contributed by atoms with E-state index >= 15 is 0 Å². The van der Waals surface area contributed by atoms with Crippen LogP contribution >= 0.6 is 0 Å². The van der Waals surface area contributed by atoms with E-state index in [0.29, 0.717) is 18.7 Å². The Labute approximate surface area is 174 Å². The number of aromatic amines is 1. The van der Waals surface area contributed by atoms with E-state index in [1.54, 1.807) is 12.1 Å². The van der Waals surface area contributed by atoms with Crippen molar-refractivity contribution in [2.24, 2.45) is 0 Å². The van der Waals surface area contributed by atoms with Gasteiger partial charge in [-0.15, -0.1) is 0 Å². The number of hydrogen-bond donors (Lipinski definition) is 2. The average Bonchev–Trinajstić information content (AvgIpc) is 3.19. The number of hydroxylamine groups is 1. The summed E-state index contributed by atoms with van der Waals surface area (Å²) in [5.41, 5.74) is 6.72. The van der Waals surface area contributed by atoms with Crippen LogP contribution in [0, 0.1) is 6.57 Å². The van der Waals surface area contributed by atoms with E-state index in [1.807, 2.05) is 36.4 Å². The Bertz CT molecular complexity index is 1090. The Balaban J connectivity index is 1.31. The van der Waals surface area contributed by atoms with E-state index in [2.05, 4.69) is 20.3 Å². The number of carbonyl (C=O) groups excluding carboxylic acids is 1. The number of ether oxygens (including phenoxy) is 1. The molecule has 1 aliphatic heterocycles. The van der Waals surface area contributed by atoms with Crippen LogP contribution in [0.2, 0.25) is 0 Å². The Morgan fingerprint density at radius 3 is 2.93 bits per heavy atom. The molecule has 0 radical (unpaired) electrons. The van der Waals surface area contributed by atoms with E-state index in [1.165, 1.54) is 6.08 Å².